The minimum atomic E-state index is -4.49. The van der Waals surface area contributed by atoms with Crippen LogP contribution in [0.4, 0.5) is 18.9 Å². The van der Waals surface area contributed by atoms with Crippen LogP contribution >= 0.6 is 0 Å². The lowest BCUT2D eigenvalue weighted by Gasteiger charge is -2.57. The fourth-order valence-corrected chi connectivity index (χ4v) is 3.31. The average Bonchev–Trinajstić information content (AvgIpc) is 2.47. The molecule has 0 aliphatic carbocycles. The molecule has 2 rings (SSSR count). The Hall–Kier alpha value is -1.56. The van der Waals surface area contributed by atoms with Crippen molar-refractivity contribution >= 4 is 11.6 Å². The summed E-state index contributed by atoms with van der Waals surface area (Å²) >= 11 is 0. The Bertz CT molecular complexity index is 606. The van der Waals surface area contributed by atoms with Gasteiger partial charge in [0.25, 0.3) is 0 Å². The van der Waals surface area contributed by atoms with Gasteiger partial charge in [-0.15, -0.1) is 0 Å². The number of β-lactam (4-membered cyclic amide) rings is 1. The van der Waals surface area contributed by atoms with Crippen molar-refractivity contribution in [3.8, 4) is 0 Å². The second-order valence-corrected chi connectivity index (χ2v) is 6.51. The fourth-order valence-electron chi connectivity index (χ4n) is 3.31. The van der Waals surface area contributed by atoms with Gasteiger partial charge in [-0.25, -0.2) is 0 Å². The highest BCUT2D eigenvalue weighted by molar-refractivity contribution is 6.05. The van der Waals surface area contributed by atoms with E-state index in [1.807, 2.05) is 18.7 Å². The Morgan fingerprint density at radius 1 is 1.22 bits per heavy atom. The van der Waals surface area contributed by atoms with Crippen LogP contribution in [0.25, 0.3) is 0 Å². The van der Waals surface area contributed by atoms with Crippen LogP contribution in [-0.4, -0.2) is 30.1 Å². The molecule has 1 aliphatic rings. The second-order valence-electron chi connectivity index (χ2n) is 6.51. The summed E-state index contributed by atoms with van der Waals surface area (Å²) in [6.45, 7) is 10.4. The molecule has 1 atom stereocenters. The molecule has 1 fully saturated rings. The number of hydrogen-bond acceptors (Lipinski definition) is 2. The second kappa shape index (κ2) is 5.82. The van der Waals surface area contributed by atoms with Crippen LogP contribution in [0.3, 0.4) is 0 Å². The zero-order valence-electron chi connectivity index (χ0n) is 14.2. The van der Waals surface area contributed by atoms with Gasteiger partial charge in [-0.05, 0) is 46.0 Å². The van der Waals surface area contributed by atoms with Gasteiger partial charge in [-0.3, -0.25) is 14.6 Å². The van der Waals surface area contributed by atoms with Crippen LogP contribution in [-0.2, 0) is 11.0 Å². The number of anilines is 1. The molecular formula is C17H23F3N2O. The van der Waals surface area contributed by atoms with Gasteiger partial charge in [0.1, 0.15) is 6.17 Å². The quantitative estimate of drug-likeness (QED) is 0.778. The van der Waals surface area contributed by atoms with Gasteiger partial charge in [0.15, 0.2) is 0 Å². The summed E-state index contributed by atoms with van der Waals surface area (Å²) in [6.07, 6.45) is -4.86. The minimum Gasteiger partial charge on any atom is -0.294 e. The number of halogens is 3. The van der Waals surface area contributed by atoms with E-state index in [0.29, 0.717) is 18.7 Å². The number of carbonyl (C=O) groups is 1. The van der Waals surface area contributed by atoms with E-state index in [2.05, 4.69) is 0 Å². The Balaban J connectivity index is 2.55. The van der Waals surface area contributed by atoms with Crippen molar-refractivity contribution in [2.24, 2.45) is 5.41 Å². The predicted molar refractivity (Wildman–Crippen MR) is 84.2 cm³/mol. The van der Waals surface area contributed by atoms with Crippen LogP contribution in [0.2, 0.25) is 0 Å². The molecule has 1 aliphatic heterocycles. The van der Waals surface area contributed by atoms with E-state index in [-0.39, 0.29) is 17.8 Å². The highest BCUT2D eigenvalue weighted by Crippen LogP contribution is 2.47. The summed E-state index contributed by atoms with van der Waals surface area (Å²) in [5.74, 6) is -0.274. The first kappa shape index (κ1) is 17.8. The third kappa shape index (κ3) is 2.84. The number of benzene rings is 1. The van der Waals surface area contributed by atoms with E-state index in [4.69, 9.17) is 0 Å². The Labute approximate surface area is 135 Å². The van der Waals surface area contributed by atoms with Crippen molar-refractivity contribution in [3.63, 3.8) is 0 Å². The largest absolute Gasteiger partial charge is 0.418 e. The molecular weight excluding hydrogens is 305 g/mol. The van der Waals surface area contributed by atoms with Crippen LogP contribution in [0.5, 0.6) is 0 Å². The molecule has 1 aromatic carbocycles. The minimum absolute atomic E-state index is 0.0516. The number of alkyl halides is 3. The summed E-state index contributed by atoms with van der Waals surface area (Å²) in [5, 5.41) is 0. The SMILES string of the molecule is CCN(CC)C1N(c2ccc(C)cc2C(F)(F)F)C(=O)C1(C)C. The van der Waals surface area contributed by atoms with E-state index in [0.717, 1.165) is 6.07 Å². The number of amides is 1. The molecule has 0 bridgehead atoms. The lowest BCUT2D eigenvalue weighted by Crippen LogP contribution is -2.73. The summed E-state index contributed by atoms with van der Waals surface area (Å²) in [4.78, 5) is 15.8. The van der Waals surface area contributed by atoms with E-state index >= 15 is 0 Å². The van der Waals surface area contributed by atoms with Gasteiger partial charge >= 0.3 is 6.18 Å². The highest BCUT2D eigenvalue weighted by atomic mass is 19.4. The lowest BCUT2D eigenvalue weighted by molar-refractivity contribution is -0.145. The van der Waals surface area contributed by atoms with Gasteiger partial charge in [-0.1, -0.05) is 25.5 Å². The topological polar surface area (TPSA) is 23.6 Å². The fraction of sp³-hybridized carbons (Fsp3) is 0.588. The molecule has 0 spiro atoms. The number of nitrogens with zero attached hydrogens (tertiary/aromatic N) is 2. The Morgan fingerprint density at radius 2 is 1.78 bits per heavy atom. The maximum Gasteiger partial charge on any atom is 0.418 e. The van der Waals surface area contributed by atoms with Crippen LogP contribution in [0, 0.1) is 12.3 Å². The van der Waals surface area contributed by atoms with Gasteiger partial charge in [0.05, 0.1) is 16.7 Å². The predicted octanol–water partition coefficient (Wildman–Crippen LogP) is 4.05. The Kier molecular flexibility index (Phi) is 4.50. The van der Waals surface area contributed by atoms with Crippen molar-refractivity contribution in [2.45, 2.75) is 47.0 Å². The number of hydrogen-bond donors (Lipinski definition) is 0. The van der Waals surface area contributed by atoms with Crippen LogP contribution in [0.1, 0.15) is 38.8 Å². The number of carbonyl (C=O) groups excluding carboxylic acids is 1. The number of aryl methyl sites for hydroxylation is 1. The third-order valence-electron chi connectivity index (χ3n) is 4.54. The molecule has 23 heavy (non-hydrogen) atoms. The third-order valence-corrected chi connectivity index (χ3v) is 4.54. The molecule has 0 N–H and O–H groups in total. The monoisotopic (exact) mass is 328 g/mol. The van der Waals surface area contributed by atoms with Crippen molar-refractivity contribution < 1.29 is 18.0 Å². The summed E-state index contributed by atoms with van der Waals surface area (Å²) in [7, 11) is 0. The van der Waals surface area contributed by atoms with Gasteiger partial charge in [0.2, 0.25) is 5.91 Å². The smallest absolute Gasteiger partial charge is 0.294 e. The molecule has 1 aromatic rings. The van der Waals surface area contributed by atoms with Crippen LogP contribution in [0.15, 0.2) is 18.2 Å². The molecule has 3 nitrogen and oxygen atoms in total. The molecule has 1 heterocycles. The van der Waals surface area contributed by atoms with Crippen LogP contribution < -0.4 is 4.90 Å². The molecule has 0 aromatic heterocycles. The maximum absolute atomic E-state index is 13.4. The highest BCUT2D eigenvalue weighted by Gasteiger charge is 2.58. The maximum atomic E-state index is 13.4. The first-order valence-corrected chi connectivity index (χ1v) is 7.81. The standard InChI is InChI=1S/C17H23F3N2O/c1-6-21(7-2)14-16(4,5)15(23)22(14)13-9-8-11(3)10-12(13)17(18,19)20/h8-10,14H,6-7H2,1-5H3. The van der Waals surface area contributed by atoms with E-state index in [1.54, 1.807) is 26.8 Å². The van der Waals surface area contributed by atoms with Crippen molar-refractivity contribution in [1.82, 2.24) is 4.90 Å². The summed E-state index contributed by atoms with van der Waals surface area (Å²) in [5.41, 5.74) is -0.977. The zero-order valence-corrected chi connectivity index (χ0v) is 14.2. The van der Waals surface area contributed by atoms with E-state index < -0.39 is 17.2 Å². The first-order chi connectivity index (χ1) is 10.6. The molecule has 1 unspecified atom stereocenters. The molecule has 0 saturated carbocycles. The Morgan fingerprint density at radius 3 is 2.26 bits per heavy atom. The van der Waals surface area contributed by atoms with Crippen molar-refractivity contribution in [1.29, 1.82) is 0 Å². The normalized spacial score (nSPS) is 20.8. The molecule has 1 saturated heterocycles. The zero-order chi connectivity index (χ0) is 17.6. The van der Waals surface area contributed by atoms with E-state index in [1.165, 1.54) is 11.0 Å². The lowest BCUT2D eigenvalue weighted by atomic mass is 9.76. The summed E-state index contributed by atoms with van der Waals surface area (Å²) < 4.78 is 40.2. The van der Waals surface area contributed by atoms with E-state index in [9.17, 15) is 18.0 Å². The first-order valence-electron chi connectivity index (χ1n) is 7.81. The molecule has 6 heteroatoms. The van der Waals surface area contributed by atoms with Gasteiger partial charge in [0, 0.05) is 0 Å². The molecule has 128 valence electrons. The average molecular weight is 328 g/mol. The van der Waals surface area contributed by atoms with Crippen molar-refractivity contribution in [2.75, 3.05) is 18.0 Å². The number of rotatable bonds is 4. The van der Waals surface area contributed by atoms with Gasteiger partial charge in [-0.2, -0.15) is 13.2 Å². The molecule has 0 radical (unpaired) electrons. The van der Waals surface area contributed by atoms with Crippen molar-refractivity contribution in [3.05, 3.63) is 29.3 Å². The van der Waals surface area contributed by atoms with Gasteiger partial charge < -0.3 is 0 Å². The molecule has 1 amide bonds. The summed E-state index contributed by atoms with van der Waals surface area (Å²) in [6, 6.07) is 4.12.